The number of benzene rings is 1. The predicted molar refractivity (Wildman–Crippen MR) is 86.8 cm³/mol. The van der Waals surface area contributed by atoms with Crippen molar-refractivity contribution in [1.82, 2.24) is 10.2 Å². The first-order chi connectivity index (χ1) is 10.1. The number of phenolic OH excluding ortho intramolecular Hbond substituents is 1. The van der Waals surface area contributed by atoms with Crippen LogP contribution in [-0.2, 0) is 6.54 Å². The summed E-state index contributed by atoms with van der Waals surface area (Å²) in [4.78, 5) is 1.18. The number of nitrogens with zero attached hydrogens (tertiary/aromatic N) is 1. The molecule has 4 nitrogen and oxygen atoms in total. The van der Waals surface area contributed by atoms with Gasteiger partial charge in [0.15, 0.2) is 0 Å². The van der Waals surface area contributed by atoms with E-state index in [0.29, 0.717) is 12.3 Å². The Bertz CT molecular complexity index is 747. The molecule has 3 rings (SSSR count). The molecule has 21 heavy (non-hydrogen) atoms. The van der Waals surface area contributed by atoms with Gasteiger partial charge >= 0.3 is 0 Å². The molecular formula is C16H17N3OS. The number of H-pyrrole nitrogens is 1. The third-order valence-electron chi connectivity index (χ3n) is 3.50. The van der Waals surface area contributed by atoms with E-state index in [4.69, 9.17) is 0 Å². The SMILES string of the molecule is Cc1cc(NCc2cn[nH]c2-c2cccs2)c(C)cc1O. The lowest BCUT2D eigenvalue weighted by Crippen LogP contribution is -2.01. The summed E-state index contributed by atoms with van der Waals surface area (Å²) < 4.78 is 0. The van der Waals surface area contributed by atoms with E-state index < -0.39 is 0 Å². The Labute approximate surface area is 127 Å². The van der Waals surface area contributed by atoms with Crippen LogP contribution in [0.2, 0.25) is 0 Å². The molecule has 0 saturated heterocycles. The van der Waals surface area contributed by atoms with Crippen LogP contribution in [0.3, 0.4) is 0 Å². The predicted octanol–water partition coefficient (Wildman–Crippen LogP) is 4.07. The fourth-order valence-electron chi connectivity index (χ4n) is 2.26. The number of aromatic hydroxyl groups is 1. The van der Waals surface area contributed by atoms with Gasteiger partial charge in [0.25, 0.3) is 0 Å². The summed E-state index contributed by atoms with van der Waals surface area (Å²) in [6, 6.07) is 7.87. The summed E-state index contributed by atoms with van der Waals surface area (Å²) >= 11 is 1.69. The zero-order valence-corrected chi connectivity index (χ0v) is 12.8. The quantitative estimate of drug-likeness (QED) is 0.636. The topological polar surface area (TPSA) is 60.9 Å². The van der Waals surface area contributed by atoms with Crippen molar-refractivity contribution in [2.45, 2.75) is 20.4 Å². The molecule has 3 N–H and O–H groups in total. The van der Waals surface area contributed by atoms with Crippen molar-refractivity contribution in [2.75, 3.05) is 5.32 Å². The van der Waals surface area contributed by atoms with Gasteiger partial charge in [-0.1, -0.05) is 6.07 Å². The lowest BCUT2D eigenvalue weighted by atomic mass is 10.1. The number of rotatable bonds is 4. The van der Waals surface area contributed by atoms with Crippen molar-refractivity contribution < 1.29 is 5.11 Å². The summed E-state index contributed by atoms with van der Waals surface area (Å²) in [6.07, 6.45) is 1.85. The second kappa shape index (κ2) is 5.61. The number of phenols is 1. The Balaban J connectivity index is 1.80. The molecule has 108 valence electrons. The molecule has 0 spiro atoms. The van der Waals surface area contributed by atoms with Gasteiger partial charge in [-0.05, 0) is 48.6 Å². The standard InChI is InChI=1S/C16H17N3OS/c1-10-7-14(20)11(2)6-13(10)17-8-12-9-18-19-16(12)15-4-3-5-21-15/h3-7,9,17,20H,8H2,1-2H3,(H,18,19). The van der Waals surface area contributed by atoms with Gasteiger partial charge in [0, 0.05) is 17.8 Å². The van der Waals surface area contributed by atoms with Gasteiger partial charge in [0.1, 0.15) is 5.75 Å². The van der Waals surface area contributed by atoms with Crippen LogP contribution < -0.4 is 5.32 Å². The van der Waals surface area contributed by atoms with Crippen molar-refractivity contribution in [3.8, 4) is 16.3 Å². The van der Waals surface area contributed by atoms with Gasteiger partial charge in [0.2, 0.25) is 0 Å². The molecule has 0 amide bonds. The van der Waals surface area contributed by atoms with E-state index in [-0.39, 0.29) is 0 Å². The average Bonchev–Trinajstić information content (AvgIpc) is 3.11. The minimum atomic E-state index is 0.334. The maximum Gasteiger partial charge on any atom is 0.118 e. The fraction of sp³-hybridized carbons (Fsp3) is 0.188. The van der Waals surface area contributed by atoms with Gasteiger partial charge in [-0.2, -0.15) is 5.10 Å². The van der Waals surface area contributed by atoms with E-state index in [1.807, 2.05) is 32.2 Å². The van der Waals surface area contributed by atoms with Crippen LogP contribution in [-0.4, -0.2) is 15.3 Å². The Morgan fingerprint density at radius 2 is 2.14 bits per heavy atom. The summed E-state index contributed by atoms with van der Waals surface area (Å²) in [5, 5.41) is 22.4. The Morgan fingerprint density at radius 3 is 2.90 bits per heavy atom. The lowest BCUT2D eigenvalue weighted by molar-refractivity contribution is 0.471. The number of anilines is 1. The van der Waals surface area contributed by atoms with Gasteiger partial charge < -0.3 is 10.4 Å². The fourth-order valence-corrected chi connectivity index (χ4v) is 3.02. The molecule has 0 unspecified atom stereocenters. The zero-order valence-electron chi connectivity index (χ0n) is 12.0. The molecule has 0 aliphatic heterocycles. The van der Waals surface area contributed by atoms with Crippen LogP contribution in [0, 0.1) is 13.8 Å². The van der Waals surface area contributed by atoms with E-state index >= 15 is 0 Å². The number of aryl methyl sites for hydroxylation is 2. The summed E-state index contributed by atoms with van der Waals surface area (Å²) in [6.45, 7) is 4.57. The molecule has 2 heterocycles. The number of aromatic nitrogens is 2. The first-order valence-corrected chi connectivity index (χ1v) is 7.63. The van der Waals surface area contributed by atoms with E-state index in [0.717, 1.165) is 28.1 Å². The van der Waals surface area contributed by atoms with Gasteiger partial charge in [-0.3, -0.25) is 5.10 Å². The number of hydrogen-bond donors (Lipinski definition) is 3. The van der Waals surface area contributed by atoms with Crippen LogP contribution in [0.4, 0.5) is 5.69 Å². The van der Waals surface area contributed by atoms with Crippen LogP contribution in [0.15, 0.2) is 35.8 Å². The maximum absolute atomic E-state index is 9.70. The average molecular weight is 299 g/mol. The smallest absolute Gasteiger partial charge is 0.118 e. The van der Waals surface area contributed by atoms with Crippen molar-refractivity contribution >= 4 is 17.0 Å². The highest BCUT2D eigenvalue weighted by atomic mass is 32.1. The van der Waals surface area contributed by atoms with E-state index in [9.17, 15) is 5.11 Å². The second-order valence-electron chi connectivity index (χ2n) is 5.05. The number of aromatic amines is 1. The molecule has 0 radical (unpaired) electrons. The van der Waals surface area contributed by atoms with Gasteiger partial charge in [0.05, 0.1) is 16.8 Å². The minimum absolute atomic E-state index is 0.334. The Hall–Kier alpha value is -2.27. The first kappa shape index (κ1) is 13.7. The molecule has 5 heteroatoms. The lowest BCUT2D eigenvalue weighted by Gasteiger charge is -2.11. The van der Waals surface area contributed by atoms with Crippen molar-refractivity contribution in [3.63, 3.8) is 0 Å². The molecular weight excluding hydrogens is 282 g/mol. The first-order valence-electron chi connectivity index (χ1n) is 6.75. The van der Waals surface area contributed by atoms with Crippen LogP contribution in [0.25, 0.3) is 10.6 Å². The normalized spacial score (nSPS) is 10.8. The second-order valence-corrected chi connectivity index (χ2v) is 6.00. The molecule has 0 atom stereocenters. The van der Waals surface area contributed by atoms with Gasteiger partial charge in [-0.15, -0.1) is 11.3 Å². The summed E-state index contributed by atoms with van der Waals surface area (Å²) in [5.74, 6) is 0.334. The molecule has 0 saturated carbocycles. The number of thiophene rings is 1. The van der Waals surface area contributed by atoms with Gasteiger partial charge in [-0.25, -0.2) is 0 Å². The molecule has 2 aromatic heterocycles. The zero-order chi connectivity index (χ0) is 14.8. The van der Waals surface area contributed by atoms with E-state index in [2.05, 4.69) is 27.0 Å². The van der Waals surface area contributed by atoms with Crippen molar-refractivity contribution in [2.24, 2.45) is 0 Å². The summed E-state index contributed by atoms with van der Waals surface area (Å²) in [5.41, 5.74) is 5.12. The molecule has 0 fully saturated rings. The van der Waals surface area contributed by atoms with Crippen LogP contribution >= 0.6 is 11.3 Å². The molecule has 0 aliphatic rings. The number of nitrogens with one attached hydrogen (secondary N) is 2. The van der Waals surface area contributed by atoms with Crippen molar-refractivity contribution in [1.29, 1.82) is 0 Å². The maximum atomic E-state index is 9.70. The third-order valence-corrected chi connectivity index (χ3v) is 4.39. The van der Waals surface area contributed by atoms with Crippen molar-refractivity contribution in [3.05, 3.63) is 52.5 Å². The minimum Gasteiger partial charge on any atom is -0.508 e. The number of hydrogen-bond acceptors (Lipinski definition) is 4. The Kier molecular flexibility index (Phi) is 3.66. The largest absolute Gasteiger partial charge is 0.508 e. The highest BCUT2D eigenvalue weighted by Crippen LogP contribution is 2.28. The Morgan fingerprint density at radius 1 is 1.29 bits per heavy atom. The molecule has 3 aromatic rings. The third kappa shape index (κ3) is 2.78. The van der Waals surface area contributed by atoms with E-state index in [1.165, 1.54) is 4.88 Å². The summed E-state index contributed by atoms with van der Waals surface area (Å²) in [7, 11) is 0. The monoisotopic (exact) mass is 299 g/mol. The van der Waals surface area contributed by atoms with Crippen LogP contribution in [0.1, 0.15) is 16.7 Å². The molecule has 1 aromatic carbocycles. The highest BCUT2D eigenvalue weighted by Gasteiger charge is 2.09. The highest BCUT2D eigenvalue weighted by molar-refractivity contribution is 7.13. The molecule has 0 bridgehead atoms. The van der Waals surface area contributed by atoms with Crippen LogP contribution in [0.5, 0.6) is 5.75 Å². The molecule has 0 aliphatic carbocycles. The van der Waals surface area contributed by atoms with E-state index in [1.54, 1.807) is 17.4 Å².